The molecule has 0 bridgehead atoms. The van der Waals surface area contributed by atoms with Crippen molar-refractivity contribution in [2.24, 2.45) is 0 Å². The minimum absolute atomic E-state index is 0.00366. The van der Waals surface area contributed by atoms with Gasteiger partial charge in [0.2, 0.25) is 0 Å². The molecule has 1 saturated heterocycles. The molecule has 0 aliphatic carbocycles. The number of ether oxygens (including phenoxy) is 2. The molecule has 1 fully saturated rings. The van der Waals surface area contributed by atoms with Gasteiger partial charge < -0.3 is 14.8 Å². The predicted molar refractivity (Wildman–Crippen MR) is 97.1 cm³/mol. The van der Waals surface area contributed by atoms with Crippen LogP contribution in [0.5, 0.6) is 5.75 Å². The molecule has 1 aliphatic heterocycles. The Kier molecular flexibility index (Phi) is 5.90. The van der Waals surface area contributed by atoms with E-state index in [0.29, 0.717) is 34.4 Å². The highest BCUT2D eigenvalue weighted by atomic mass is 79.9. The standard InChI is InChI=1S/C18H15BrF2N2O4/c19-13-4-5-15(27-17(20)21)12(8-13)10-22-16(24)11-2-1-3-14(9-11)23-6-7-26-18(23)25/h1-5,8-9,17H,6-7,10H2,(H,22,24). The molecule has 1 aliphatic rings. The lowest BCUT2D eigenvalue weighted by atomic mass is 10.1. The maximum absolute atomic E-state index is 12.5. The lowest BCUT2D eigenvalue weighted by Gasteiger charge is -2.14. The molecule has 1 N–H and O–H groups in total. The summed E-state index contributed by atoms with van der Waals surface area (Å²) in [6, 6.07) is 11.1. The summed E-state index contributed by atoms with van der Waals surface area (Å²) in [5.74, 6) is -0.422. The number of benzene rings is 2. The van der Waals surface area contributed by atoms with Crippen molar-refractivity contribution < 1.29 is 27.8 Å². The van der Waals surface area contributed by atoms with Crippen LogP contribution in [0.4, 0.5) is 19.3 Å². The molecule has 27 heavy (non-hydrogen) atoms. The number of cyclic esters (lactones) is 1. The second kappa shape index (κ2) is 8.34. The van der Waals surface area contributed by atoms with Crippen LogP contribution in [0.1, 0.15) is 15.9 Å². The number of hydrogen-bond acceptors (Lipinski definition) is 4. The Balaban J connectivity index is 1.71. The summed E-state index contributed by atoms with van der Waals surface area (Å²) in [7, 11) is 0. The van der Waals surface area contributed by atoms with Crippen LogP contribution >= 0.6 is 15.9 Å². The largest absolute Gasteiger partial charge is 0.447 e. The zero-order valence-electron chi connectivity index (χ0n) is 14.0. The Bertz CT molecular complexity index is 863. The van der Waals surface area contributed by atoms with Crippen molar-refractivity contribution in [1.29, 1.82) is 0 Å². The van der Waals surface area contributed by atoms with Gasteiger partial charge in [-0.25, -0.2) is 4.79 Å². The Labute approximate surface area is 162 Å². The minimum atomic E-state index is -2.96. The fourth-order valence-electron chi connectivity index (χ4n) is 2.62. The van der Waals surface area contributed by atoms with E-state index in [2.05, 4.69) is 26.0 Å². The van der Waals surface area contributed by atoms with E-state index in [1.807, 2.05) is 0 Å². The maximum Gasteiger partial charge on any atom is 0.414 e. The van der Waals surface area contributed by atoms with Gasteiger partial charge in [0, 0.05) is 27.8 Å². The molecule has 1 heterocycles. The van der Waals surface area contributed by atoms with E-state index in [1.54, 1.807) is 36.4 Å². The van der Waals surface area contributed by atoms with E-state index in [-0.39, 0.29) is 12.3 Å². The molecular formula is C18H15BrF2N2O4. The zero-order chi connectivity index (χ0) is 19.4. The molecule has 0 atom stereocenters. The van der Waals surface area contributed by atoms with E-state index in [0.717, 1.165) is 0 Å². The average Bonchev–Trinajstić information content (AvgIpc) is 3.07. The molecule has 3 rings (SSSR count). The van der Waals surface area contributed by atoms with Crippen LogP contribution in [0.25, 0.3) is 0 Å². The summed E-state index contributed by atoms with van der Waals surface area (Å²) in [6.07, 6.45) is -0.463. The first-order valence-electron chi connectivity index (χ1n) is 8.00. The number of hydrogen-bond donors (Lipinski definition) is 1. The summed E-state index contributed by atoms with van der Waals surface area (Å²) < 4.78 is 35.1. The highest BCUT2D eigenvalue weighted by Gasteiger charge is 2.24. The minimum Gasteiger partial charge on any atom is -0.447 e. The van der Waals surface area contributed by atoms with E-state index >= 15 is 0 Å². The van der Waals surface area contributed by atoms with Crippen molar-refractivity contribution in [3.8, 4) is 5.75 Å². The first kappa shape index (κ1) is 19.1. The van der Waals surface area contributed by atoms with Gasteiger partial charge in [-0.15, -0.1) is 0 Å². The number of rotatable bonds is 6. The van der Waals surface area contributed by atoms with Crippen molar-refractivity contribution in [2.75, 3.05) is 18.1 Å². The van der Waals surface area contributed by atoms with Gasteiger partial charge in [-0.05, 0) is 36.4 Å². The highest BCUT2D eigenvalue weighted by Crippen LogP contribution is 2.25. The van der Waals surface area contributed by atoms with Crippen LogP contribution in [0, 0.1) is 0 Å². The Morgan fingerprint density at radius 1 is 1.30 bits per heavy atom. The summed E-state index contributed by atoms with van der Waals surface area (Å²) >= 11 is 3.26. The van der Waals surface area contributed by atoms with E-state index < -0.39 is 18.6 Å². The Morgan fingerprint density at radius 2 is 2.11 bits per heavy atom. The van der Waals surface area contributed by atoms with Gasteiger partial charge in [-0.2, -0.15) is 8.78 Å². The Hall–Kier alpha value is -2.68. The molecule has 0 aromatic heterocycles. The number of amides is 2. The lowest BCUT2D eigenvalue weighted by Crippen LogP contribution is -2.25. The molecule has 0 radical (unpaired) electrons. The molecule has 2 aromatic rings. The molecule has 2 amide bonds. The number of carbonyl (C=O) groups excluding carboxylic acids is 2. The van der Waals surface area contributed by atoms with Crippen LogP contribution in [0.2, 0.25) is 0 Å². The molecule has 9 heteroatoms. The summed E-state index contributed by atoms with van der Waals surface area (Å²) in [5.41, 5.74) is 1.28. The van der Waals surface area contributed by atoms with Crippen molar-refractivity contribution in [3.05, 3.63) is 58.1 Å². The van der Waals surface area contributed by atoms with Crippen molar-refractivity contribution in [3.63, 3.8) is 0 Å². The topological polar surface area (TPSA) is 67.9 Å². The summed E-state index contributed by atoms with van der Waals surface area (Å²) in [4.78, 5) is 25.5. The Morgan fingerprint density at radius 3 is 2.81 bits per heavy atom. The molecule has 0 saturated carbocycles. The van der Waals surface area contributed by atoms with Crippen LogP contribution in [-0.2, 0) is 11.3 Å². The van der Waals surface area contributed by atoms with Crippen molar-refractivity contribution in [1.82, 2.24) is 5.32 Å². The van der Waals surface area contributed by atoms with Gasteiger partial charge in [-0.3, -0.25) is 9.69 Å². The van der Waals surface area contributed by atoms with Gasteiger partial charge in [0.1, 0.15) is 12.4 Å². The molecule has 0 unspecified atom stereocenters. The first-order valence-corrected chi connectivity index (χ1v) is 8.79. The van der Waals surface area contributed by atoms with Crippen LogP contribution < -0.4 is 15.0 Å². The fourth-order valence-corrected chi connectivity index (χ4v) is 3.03. The maximum atomic E-state index is 12.5. The number of halogens is 3. The normalized spacial score (nSPS) is 13.6. The molecule has 2 aromatic carbocycles. The predicted octanol–water partition coefficient (Wildman–Crippen LogP) is 3.94. The first-order chi connectivity index (χ1) is 12.9. The SMILES string of the molecule is O=C(NCc1cc(Br)ccc1OC(F)F)c1cccc(N2CCOC2=O)c1. The number of nitrogens with one attached hydrogen (secondary N) is 1. The highest BCUT2D eigenvalue weighted by molar-refractivity contribution is 9.10. The van der Waals surface area contributed by atoms with E-state index in [9.17, 15) is 18.4 Å². The molecule has 0 spiro atoms. The number of anilines is 1. The second-order valence-corrected chi connectivity index (χ2v) is 6.55. The van der Waals surface area contributed by atoms with Crippen LogP contribution in [-0.4, -0.2) is 31.8 Å². The number of nitrogens with zero attached hydrogens (tertiary/aromatic N) is 1. The van der Waals surface area contributed by atoms with E-state index in [4.69, 9.17) is 4.74 Å². The van der Waals surface area contributed by atoms with E-state index in [1.165, 1.54) is 11.0 Å². The third-order valence-electron chi connectivity index (χ3n) is 3.86. The number of alkyl halides is 2. The smallest absolute Gasteiger partial charge is 0.414 e. The zero-order valence-corrected chi connectivity index (χ0v) is 15.5. The van der Waals surface area contributed by atoms with Gasteiger partial charge in [0.25, 0.3) is 5.91 Å². The molecule has 142 valence electrons. The van der Waals surface area contributed by atoms with Gasteiger partial charge in [0.05, 0.1) is 6.54 Å². The second-order valence-electron chi connectivity index (χ2n) is 5.63. The van der Waals surface area contributed by atoms with Gasteiger partial charge in [0.15, 0.2) is 0 Å². The van der Waals surface area contributed by atoms with Crippen molar-refractivity contribution in [2.45, 2.75) is 13.2 Å². The van der Waals surface area contributed by atoms with Crippen LogP contribution in [0.3, 0.4) is 0 Å². The van der Waals surface area contributed by atoms with Crippen molar-refractivity contribution >= 4 is 33.6 Å². The van der Waals surface area contributed by atoms with Gasteiger partial charge >= 0.3 is 12.7 Å². The molecule has 6 nitrogen and oxygen atoms in total. The summed E-state index contributed by atoms with van der Waals surface area (Å²) in [5, 5.41) is 2.67. The fraction of sp³-hybridized carbons (Fsp3) is 0.222. The third kappa shape index (κ3) is 4.73. The van der Waals surface area contributed by atoms with Crippen LogP contribution in [0.15, 0.2) is 46.9 Å². The quantitative estimate of drug-likeness (QED) is 0.738. The average molecular weight is 441 g/mol. The molecular weight excluding hydrogens is 426 g/mol. The third-order valence-corrected chi connectivity index (χ3v) is 4.35. The number of carbonyl (C=O) groups is 2. The van der Waals surface area contributed by atoms with Gasteiger partial charge in [-0.1, -0.05) is 22.0 Å². The summed E-state index contributed by atoms with van der Waals surface area (Å²) in [6.45, 7) is -2.25. The monoisotopic (exact) mass is 440 g/mol. The lowest BCUT2D eigenvalue weighted by molar-refractivity contribution is -0.0504.